The monoisotopic (exact) mass is 456 g/mol. The highest BCUT2D eigenvalue weighted by Crippen LogP contribution is 2.21. The first-order chi connectivity index (χ1) is 15.0. The van der Waals surface area contributed by atoms with E-state index >= 15 is 0 Å². The maximum atomic E-state index is 12.3. The number of hydrogen-bond donors (Lipinski definition) is 2. The average Bonchev–Trinajstić information content (AvgIpc) is 3.48. The third kappa shape index (κ3) is 5.62. The normalized spacial score (nSPS) is 13.9. The van der Waals surface area contributed by atoms with Crippen LogP contribution in [0.2, 0.25) is 0 Å². The van der Waals surface area contributed by atoms with Crippen LogP contribution < -0.4 is 14.9 Å². The van der Waals surface area contributed by atoms with E-state index in [-0.39, 0.29) is 16.5 Å². The van der Waals surface area contributed by atoms with E-state index in [0.717, 1.165) is 41.4 Å². The third-order valence-corrected chi connectivity index (χ3v) is 7.84. The van der Waals surface area contributed by atoms with Crippen LogP contribution in [-0.2, 0) is 27.8 Å². The summed E-state index contributed by atoms with van der Waals surface area (Å²) in [4.78, 5) is 19.1. The molecule has 1 amide bonds. The Bertz CT molecular complexity index is 1110. The second kappa shape index (κ2) is 9.49. The van der Waals surface area contributed by atoms with Gasteiger partial charge in [0.15, 0.2) is 0 Å². The van der Waals surface area contributed by atoms with E-state index in [4.69, 9.17) is 0 Å². The van der Waals surface area contributed by atoms with Gasteiger partial charge < -0.3 is 10.2 Å². The van der Waals surface area contributed by atoms with Gasteiger partial charge in [-0.05, 0) is 53.6 Å². The molecule has 1 aliphatic heterocycles. The SMILES string of the molecule is O=C(Cc1ccc(NS(=O)(=O)c2cccs2)cc1)NCc1ccc(N2CCCC2)nc1. The van der Waals surface area contributed by atoms with E-state index in [2.05, 4.69) is 19.9 Å². The van der Waals surface area contributed by atoms with Crippen molar-refractivity contribution in [2.75, 3.05) is 22.7 Å². The quantitative estimate of drug-likeness (QED) is 0.542. The Labute approximate surface area is 186 Å². The Morgan fingerprint density at radius 3 is 2.42 bits per heavy atom. The highest BCUT2D eigenvalue weighted by molar-refractivity contribution is 7.94. The van der Waals surface area contributed by atoms with Crippen LogP contribution in [0.1, 0.15) is 24.0 Å². The molecule has 4 rings (SSSR count). The van der Waals surface area contributed by atoms with Gasteiger partial charge >= 0.3 is 0 Å². The van der Waals surface area contributed by atoms with Crippen molar-refractivity contribution in [1.29, 1.82) is 0 Å². The van der Waals surface area contributed by atoms with E-state index in [9.17, 15) is 13.2 Å². The number of carbonyl (C=O) groups excluding carboxylic acids is 1. The number of thiophene rings is 1. The maximum absolute atomic E-state index is 12.3. The molecule has 7 nitrogen and oxygen atoms in total. The molecule has 2 N–H and O–H groups in total. The highest BCUT2D eigenvalue weighted by Gasteiger charge is 2.15. The molecule has 162 valence electrons. The van der Waals surface area contributed by atoms with Crippen LogP contribution in [0.5, 0.6) is 0 Å². The van der Waals surface area contributed by atoms with Gasteiger partial charge in [0, 0.05) is 31.5 Å². The molecule has 0 atom stereocenters. The van der Waals surface area contributed by atoms with Gasteiger partial charge in [0.05, 0.1) is 6.42 Å². The van der Waals surface area contributed by atoms with Gasteiger partial charge in [-0.25, -0.2) is 13.4 Å². The predicted octanol–water partition coefficient (Wildman–Crippen LogP) is 3.40. The first-order valence-corrected chi connectivity index (χ1v) is 12.5. The number of nitrogens with zero attached hydrogens (tertiary/aromatic N) is 2. The molecule has 0 bridgehead atoms. The lowest BCUT2D eigenvalue weighted by Gasteiger charge is -2.16. The molecular weight excluding hydrogens is 432 g/mol. The fourth-order valence-electron chi connectivity index (χ4n) is 3.42. The van der Waals surface area contributed by atoms with Crippen LogP contribution in [-0.4, -0.2) is 32.4 Å². The summed E-state index contributed by atoms with van der Waals surface area (Å²) in [6, 6.07) is 14.1. The lowest BCUT2D eigenvalue weighted by Crippen LogP contribution is -2.25. The number of hydrogen-bond acceptors (Lipinski definition) is 6. The summed E-state index contributed by atoms with van der Waals surface area (Å²) in [7, 11) is -3.57. The molecule has 2 aromatic heterocycles. The minimum atomic E-state index is -3.57. The van der Waals surface area contributed by atoms with Gasteiger partial charge in [0.2, 0.25) is 5.91 Å². The molecule has 0 radical (unpaired) electrons. The number of aromatic nitrogens is 1. The fraction of sp³-hybridized carbons (Fsp3) is 0.273. The number of amides is 1. The molecule has 0 spiro atoms. The van der Waals surface area contributed by atoms with Crippen molar-refractivity contribution in [3.8, 4) is 0 Å². The molecule has 0 aliphatic carbocycles. The summed E-state index contributed by atoms with van der Waals surface area (Å²) in [5, 5.41) is 4.62. The first kappa shape index (κ1) is 21.3. The van der Waals surface area contributed by atoms with Crippen LogP contribution in [0, 0.1) is 0 Å². The summed E-state index contributed by atoms with van der Waals surface area (Å²) < 4.78 is 27.3. The standard InChI is InChI=1S/C22H24N4O3S2/c27-21(24-16-18-7-10-20(23-15-18)26-11-1-2-12-26)14-17-5-8-19(9-6-17)25-31(28,29)22-4-3-13-30-22/h3-10,13,15,25H,1-2,11-12,14,16H2,(H,24,27). The number of sulfonamides is 1. The fourth-order valence-corrected chi connectivity index (χ4v) is 5.47. The molecule has 31 heavy (non-hydrogen) atoms. The van der Waals surface area contributed by atoms with Gasteiger partial charge in [-0.2, -0.15) is 0 Å². The van der Waals surface area contributed by atoms with Crippen molar-refractivity contribution in [2.24, 2.45) is 0 Å². The van der Waals surface area contributed by atoms with Crippen LogP contribution >= 0.6 is 11.3 Å². The van der Waals surface area contributed by atoms with Crippen molar-refractivity contribution in [3.63, 3.8) is 0 Å². The number of carbonyl (C=O) groups is 1. The summed E-state index contributed by atoms with van der Waals surface area (Å²) >= 11 is 1.16. The number of nitrogens with one attached hydrogen (secondary N) is 2. The van der Waals surface area contributed by atoms with E-state index in [1.165, 1.54) is 12.8 Å². The highest BCUT2D eigenvalue weighted by atomic mass is 32.2. The molecule has 0 unspecified atom stereocenters. The van der Waals surface area contributed by atoms with Gasteiger partial charge in [0.25, 0.3) is 10.0 Å². The van der Waals surface area contributed by atoms with Gasteiger partial charge in [0.1, 0.15) is 10.0 Å². The minimum absolute atomic E-state index is 0.101. The number of anilines is 2. The Morgan fingerprint density at radius 2 is 1.77 bits per heavy atom. The maximum Gasteiger partial charge on any atom is 0.271 e. The van der Waals surface area contributed by atoms with Crippen molar-refractivity contribution in [2.45, 2.75) is 30.0 Å². The lowest BCUT2D eigenvalue weighted by atomic mass is 10.1. The largest absolute Gasteiger partial charge is 0.357 e. The molecule has 1 aromatic carbocycles. The summed E-state index contributed by atoms with van der Waals surface area (Å²) in [5.41, 5.74) is 2.22. The first-order valence-electron chi connectivity index (χ1n) is 10.1. The Morgan fingerprint density at radius 1 is 1.03 bits per heavy atom. The van der Waals surface area contributed by atoms with Crippen LogP contribution in [0.3, 0.4) is 0 Å². The second-order valence-electron chi connectivity index (χ2n) is 7.41. The smallest absolute Gasteiger partial charge is 0.271 e. The zero-order valence-electron chi connectivity index (χ0n) is 17.0. The molecule has 0 saturated carbocycles. The second-order valence-corrected chi connectivity index (χ2v) is 10.3. The topological polar surface area (TPSA) is 91.4 Å². The Hall–Kier alpha value is -2.91. The van der Waals surface area contributed by atoms with Gasteiger partial charge in [-0.1, -0.05) is 24.3 Å². The number of benzene rings is 1. The van der Waals surface area contributed by atoms with E-state index in [0.29, 0.717) is 12.2 Å². The van der Waals surface area contributed by atoms with Crippen molar-refractivity contribution < 1.29 is 13.2 Å². The number of pyridine rings is 1. The summed E-state index contributed by atoms with van der Waals surface area (Å²) in [6.07, 6.45) is 4.45. The molecule has 1 aliphatic rings. The third-order valence-electron chi connectivity index (χ3n) is 5.06. The molecule has 9 heteroatoms. The summed E-state index contributed by atoms with van der Waals surface area (Å²) in [6.45, 7) is 2.53. The number of rotatable bonds is 8. The van der Waals surface area contributed by atoms with Crippen LogP contribution in [0.15, 0.2) is 64.3 Å². The van der Waals surface area contributed by atoms with Crippen LogP contribution in [0.25, 0.3) is 0 Å². The average molecular weight is 457 g/mol. The Balaban J connectivity index is 1.27. The van der Waals surface area contributed by atoms with Crippen molar-refractivity contribution in [1.82, 2.24) is 10.3 Å². The molecule has 1 saturated heterocycles. The predicted molar refractivity (Wildman–Crippen MR) is 123 cm³/mol. The van der Waals surface area contributed by atoms with E-state index in [1.54, 1.807) is 41.8 Å². The molecule has 3 aromatic rings. The van der Waals surface area contributed by atoms with Gasteiger partial charge in [-0.15, -0.1) is 11.3 Å². The summed E-state index contributed by atoms with van der Waals surface area (Å²) in [5.74, 6) is 0.887. The molecule has 3 heterocycles. The lowest BCUT2D eigenvalue weighted by molar-refractivity contribution is -0.120. The van der Waals surface area contributed by atoms with E-state index < -0.39 is 10.0 Å². The molecular formula is C22H24N4O3S2. The minimum Gasteiger partial charge on any atom is -0.357 e. The van der Waals surface area contributed by atoms with Crippen molar-refractivity contribution >= 4 is 38.8 Å². The molecule has 1 fully saturated rings. The zero-order chi connectivity index (χ0) is 21.7. The Kier molecular flexibility index (Phi) is 6.53. The van der Waals surface area contributed by atoms with Gasteiger partial charge in [-0.3, -0.25) is 9.52 Å². The van der Waals surface area contributed by atoms with Crippen molar-refractivity contribution in [3.05, 3.63) is 71.2 Å². The zero-order valence-corrected chi connectivity index (χ0v) is 18.6. The van der Waals surface area contributed by atoms with Crippen LogP contribution in [0.4, 0.5) is 11.5 Å². The van der Waals surface area contributed by atoms with E-state index in [1.807, 2.05) is 18.3 Å².